The molecule has 0 radical (unpaired) electrons. The lowest BCUT2D eigenvalue weighted by Gasteiger charge is -2.25. The molecule has 4 amide bonds. The lowest BCUT2D eigenvalue weighted by atomic mass is 9.98. The Labute approximate surface area is 284 Å². The van der Waals surface area contributed by atoms with Crippen molar-refractivity contribution in [3.8, 4) is 0 Å². The summed E-state index contributed by atoms with van der Waals surface area (Å²) in [6, 6.07) is 13.7. The Morgan fingerprint density at radius 3 is 2.41 bits per heavy atom. The number of hydrogen-bond donors (Lipinski definition) is 5. The summed E-state index contributed by atoms with van der Waals surface area (Å²) in [4.78, 5) is 78.6. The van der Waals surface area contributed by atoms with E-state index in [1.165, 1.54) is 12.4 Å². The molecule has 0 fully saturated rings. The second-order valence-corrected chi connectivity index (χ2v) is 12.2. The highest BCUT2D eigenvalue weighted by molar-refractivity contribution is 5.97. The molecule has 4 aromatic rings. The van der Waals surface area contributed by atoms with Crippen molar-refractivity contribution in [1.29, 1.82) is 0 Å². The average molecular weight is 670 g/mol. The first-order valence-corrected chi connectivity index (χ1v) is 16.7. The van der Waals surface area contributed by atoms with Gasteiger partial charge in [-0.2, -0.15) is 0 Å². The molecule has 5 N–H and O–H groups in total. The van der Waals surface area contributed by atoms with Gasteiger partial charge < -0.3 is 31.2 Å². The molecule has 2 atom stereocenters. The van der Waals surface area contributed by atoms with E-state index < -0.39 is 6.04 Å². The summed E-state index contributed by atoms with van der Waals surface area (Å²) in [5, 5.41) is 11.8. The van der Waals surface area contributed by atoms with Crippen LogP contribution in [0.25, 0.3) is 11.0 Å². The predicted molar refractivity (Wildman–Crippen MR) is 185 cm³/mol. The number of nitrogens with zero attached hydrogens (tertiary/aromatic N) is 4. The zero-order valence-corrected chi connectivity index (χ0v) is 27.8. The second kappa shape index (κ2) is 16.5. The van der Waals surface area contributed by atoms with Crippen LogP contribution < -0.4 is 27.0 Å². The van der Waals surface area contributed by atoms with Crippen molar-refractivity contribution in [2.75, 3.05) is 31.5 Å². The number of para-hydroxylation sites is 1. The van der Waals surface area contributed by atoms with E-state index in [9.17, 15) is 24.0 Å². The first-order valence-electron chi connectivity index (χ1n) is 16.7. The van der Waals surface area contributed by atoms with E-state index >= 15 is 0 Å². The van der Waals surface area contributed by atoms with Crippen molar-refractivity contribution in [3.05, 3.63) is 82.5 Å². The van der Waals surface area contributed by atoms with Crippen LogP contribution in [0.3, 0.4) is 0 Å². The molecule has 2 aromatic heterocycles. The third-order valence-corrected chi connectivity index (χ3v) is 8.65. The van der Waals surface area contributed by atoms with Gasteiger partial charge in [0.15, 0.2) is 0 Å². The number of nitrogens with one attached hydrogen (secondary N) is 5. The maximum atomic E-state index is 13.6. The van der Waals surface area contributed by atoms with E-state index in [1.807, 2.05) is 44.2 Å². The lowest BCUT2D eigenvalue weighted by molar-refractivity contribution is -0.130. The highest BCUT2D eigenvalue weighted by atomic mass is 16.2. The molecule has 5 rings (SSSR count). The number of carbonyl (C=O) groups excluding carboxylic acids is 4. The summed E-state index contributed by atoms with van der Waals surface area (Å²) < 4.78 is 1.55. The van der Waals surface area contributed by atoms with Gasteiger partial charge in [-0.05, 0) is 55.5 Å². The highest BCUT2D eigenvalue weighted by Gasteiger charge is 2.26. The van der Waals surface area contributed by atoms with Gasteiger partial charge in [0.1, 0.15) is 6.04 Å². The number of aromatic nitrogens is 4. The summed E-state index contributed by atoms with van der Waals surface area (Å²) in [7, 11) is 0. The van der Waals surface area contributed by atoms with Crippen LogP contribution in [-0.4, -0.2) is 80.3 Å². The molecule has 0 spiro atoms. The Morgan fingerprint density at radius 2 is 1.65 bits per heavy atom. The molecule has 0 aliphatic carbocycles. The number of hydrogen-bond acceptors (Lipinski definition) is 8. The molecule has 1 aliphatic rings. The number of fused-ring (bicyclic) bond motifs is 1. The number of aryl methyl sites for hydroxylation is 1. The smallest absolute Gasteiger partial charge is 0.326 e. The number of carbonyl (C=O) groups is 4. The number of benzene rings is 2. The zero-order valence-electron chi connectivity index (χ0n) is 27.8. The standard InChI is InChI=1S/C35H43N9O5/c1-3-23(2)30-32(47)37-16-9-19-44-28-20-24(13-14-27(28)41-35(44)49)31(46)36-15-8-18-43(17-7-12-29(45)42-30)33(48)25-21-38-34(39-22-25)40-26-10-5-4-6-11-26/h4-6,10-11,13-14,20-23,30H,3,7-9,12,15-19H2,1-2H3,(H,36,46)(H,37,47)(H,41,49)(H,42,45)(H,38,39,40)/t23-,30-/m0/s1. The number of rotatable bonds is 5. The molecule has 2 aromatic carbocycles. The van der Waals surface area contributed by atoms with E-state index in [4.69, 9.17) is 0 Å². The van der Waals surface area contributed by atoms with Crippen LogP contribution in [-0.2, 0) is 16.1 Å². The predicted octanol–water partition coefficient (Wildman–Crippen LogP) is 2.96. The van der Waals surface area contributed by atoms with Crippen molar-refractivity contribution in [2.45, 2.75) is 58.5 Å². The van der Waals surface area contributed by atoms with Gasteiger partial charge in [0, 0.05) is 62.8 Å². The van der Waals surface area contributed by atoms with Crippen LogP contribution in [0.15, 0.2) is 65.7 Å². The molecule has 0 saturated carbocycles. The maximum absolute atomic E-state index is 13.6. The van der Waals surface area contributed by atoms with Gasteiger partial charge in [0.25, 0.3) is 11.8 Å². The van der Waals surface area contributed by atoms with Crippen LogP contribution in [0.2, 0.25) is 0 Å². The molecule has 0 saturated heterocycles. The Balaban J connectivity index is 1.33. The number of imidazole rings is 1. The largest absolute Gasteiger partial charge is 0.354 e. The summed E-state index contributed by atoms with van der Waals surface area (Å²) in [6.45, 7) is 5.36. The normalized spacial score (nSPS) is 17.8. The van der Waals surface area contributed by atoms with Crippen LogP contribution in [0.5, 0.6) is 0 Å². The minimum atomic E-state index is -0.722. The summed E-state index contributed by atoms with van der Waals surface area (Å²) in [6.07, 6.45) is 4.99. The lowest BCUT2D eigenvalue weighted by Crippen LogP contribution is -2.50. The molecule has 14 heteroatoms. The third-order valence-electron chi connectivity index (χ3n) is 8.65. The summed E-state index contributed by atoms with van der Waals surface area (Å²) in [5.41, 5.74) is 2.38. The van der Waals surface area contributed by atoms with Crippen LogP contribution in [0, 0.1) is 5.92 Å². The van der Waals surface area contributed by atoms with Crippen LogP contribution in [0.1, 0.15) is 66.7 Å². The van der Waals surface area contributed by atoms with Crippen LogP contribution >= 0.6 is 0 Å². The molecule has 2 bridgehead atoms. The van der Waals surface area contributed by atoms with Crippen molar-refractivity contribution < 1.29 is 19.2 Å². The molecule has 14 nitrogen and oxygen atoms in total. The van der Waals surface area contributed by atoms with E-state index in [0.29, 0.717) is 74.4 Å². The van der Waals surface area contributed by atoms with Gasteiger partial charge in [-0.15, -0.1) is 0 Å². The van der Waals surface area contributed by atoms with Crippen molar-refractivity contribution >= 4 is 46.3 Å². The van der Waals surface area contributed by atoms with E-state index in [0.717, 1.165) is 5.69 Å². The number of anilines is 2. The van der Waals surface area contributed by atoms with E-state index in [-0.39, 0.29) is 53.8 Å². The molecule has 3 heterocycles. The van der Waals surface area contributed by atoms with Gasteiger partial charge in [-0.3, -0.25) is 23.7 Å². The average Bonchev–Trinajstić information content (AvgIpc) is 3.43. The Bertz CT molecular complexity index is 1820. The Hall–Kier alpha value is -5.53. The SMILES string of the molecule is CC[C@H](C)[C@@H]1NC(=O)CCCN(C(=O)c2cnc(Nc3ccccc3)nc2)CCCNC(=O)c2ccc3[nH]c(=O)n(c3c2)CCCNC1=O. The first-order chi connectivity index (χ1) is 23.7. The molecule has 49 heavy (non-hydrogen) atoms. The first kappa shape index (κ1) is 34.8. The topological polar surface area (TPSA) is 183 Å². The zero-order chi connectivity index (χ0) is 34.8. The number of amides is 4. The number of H-pyrrole nitrogens is 1. The maximum Gasteiger partial charge on any atom is 0.326 e. The molecule has 258 valence electrons. The monoisotopic (exact) mass is 669 g/mol. The second-order valence-electron chi connectivity index (χ2n) is 12.2. The van der Waals surface area contributed by atoms with Gasteiger partial charge in [-0.1, -0.05) is 38.5 Å². The minimum absolute atomic E-state index is 0.109. The fourth-order valence-electron chi connectivity index (χ4n) is 5.68. The molecular formula is C35H43N9O5. The summed E-state index contributed by atoms with van der Waals surface area (Å²) >= 11 is 0. The van der Waals surface area contributed by atoms with Gasteiger partial charge >= 0.3 is 5.69 Å². The van der Waals surface area contributed by atoms with E-state index in [2.05, 4.69) is 36.2 Å². The molecular weight excluding hydrogens is 626 g/mol. The van der Waals surface area contributed by atoms with Crippen molar-refractivity contribution in [3.63, 3.8) is 0 Å². The highest BCUT2D eigenvalue weighted by Crippen LogP contribution is 2.16. The minimum Gasteiger partial charge on any atom is -0.354 e. The van der Waals surface area contributed by atoms with Gasteiger partial charge in [0.2, 0.25) is 17.8 Å². The Kier molecular flexibility index (Phi) is 11.7. The third kappa shape index (κ3) is 9.09. The summed E-state index contributed by atoms with van der Waals surface area (Å²) in [5.74, 6) is -0.946. The quantitative estimate of drug-likeness (QED) is 0.215. The fraction of sp³-hybridized carbons (Fsp3) is 0.400. The van der Waals surface area contributed by atoms with Crippen molar-refractivity contribution in [1.82, 2.24) is 40.4 Å². The van der Waals surface area contributed by atoms with Crippen molar-refractivity contribution in [2.24, 2.45) is 5.92 Å². The van der Waals surface area contributed by atoms with Crippen LogP contribution in [0.4, 0.5) is 11.6 Å². The van der Waals surface area contributed by atoms with E-state index in [1.54, 1.807) is 27.7 Å². The fourth-order valence-corrected chi connectivity index (χ4v) is 5.68. The van der Waals surface area contributed by atoms with Gasteiger partial charge in [0.05, 0.1) is 16.6 Å². The molecule has 0 unspecified atom stereocenters. The number of aromatic amines is 1. The molecule has 1 aliphatic heterocycles. The Morgan fingerprint density at radius 1 is 0.939 bits per heavy atom. The van der Waals surface area contributed by atoms with Gasteiger partial charge in [-0.25, -0.2) is 14.8 Å².